The van der Waals surface area contributed by atoms with E-state index in [-0.39, 0.29) is 12.1 Å². The number of hydrogen-bond acceptors (Lipinski definition) is 4. The van der Waals surface area contributed by atoms with Crippen LogP contribution in [0.15, 0.2) is 6.07 Å². The molecule has 0 aromatic carbocycles. The molecule has 0 spiro atoms. The summed E-state index contributed by atoms with van der Waals surface area (Å²) in [7, 11) is 1.85. The summed E-state index contributed by atoms with van der Waals surface area (Å²) in [5.41, 5.74) is 2.97. The summed E-state index contributed by atoms with van der Waals surface area (Å²) in [5.74, 6) is -0.234. The first-order chi connectivity index (χ1) is 11.1. The molecular formula is C18H25N3O2. The lowest BCUT2D eigenvalue weighted by atomic mass is 9.98. The number of pyridine rings is 1. The Hall–Kier alpha value is -1.91. The third kappa shape index (κ3) is 3.38. The molecule has 1 fully saturated rings. The summed E-state index contributed by atoms with van der Waals surface area (Å²) in [6, 6.07) is 1.82. The molecule has 3 rings (SSSR count). The average Bonchev–Trinajstić information content (AvgIpc) is 2.75. The van der Waals surface area contributed by atoms with E-state index in [9.17, 15) is 4.79 Å². The zero-order valence-electron chi connectivity index (χ0n) is 14.3. The summed E-state index contributed by atoms with van der Waals surface area (Å²) < 4.78 is 7.56. The van der Waals surface area contributed by atoms with Gasteiger partial charge in [-0.3, -0.25) is 4.68 Å². The number of carbonyl (C=O) groups excluding carboxylic acids is 1. The normalized spacial score (nSPS) is 17.0. The van der Waals surface area contributed by atoms with Crippen LogP contribution in [0, 0.1) is 13.8 Å². The standard InChI is InChI=1S/C18H25N3O2/c1-12-11-15(16-13(2)20-21(3)17(16)19-12)18(22)23-14-9-7-5-4-6-8-10-14/h11,14H,4-10H2,1-3H3. The highest BCUT2D eigenvalue weighted by atomic mass is 16.5. The van der Waals surface area contributed by atoms with Crippen LogP contribution in [0.2, 0.25) is 0 Å². The molecule has 5 heteroatoms. The molecule has 0 radical (unpaired) electrons. The van der Waals surface area contributed by atoms with E-state index in [1.165, 1.54) is 19.3 Å². The third-order valence-corrected chi connectivity index (χ3v) is 4.64. The monoisotopic (exact) mass is 315 g/mol. The number of esters is 1. The molecule has 0 unspecified atom stereocenters. The summed E-state index contributed by atoms with van der Waals surface area (Å²) in [5, 5.41) is 5.21. The maximum atomic E-state index is 12.8. The zero-order chi connectivity index (χ0) is 16.4. The largest absolute Gasteiger partial charge is 0.459 e. The first-order valence-electron chi connectivity index (χ1n) is 8.58. The molecular weight excluding hydrogens is 290 g/mol. The van der Waals surface area contributed by atoms with Crippen LogP contribution < -0.4 is 0 Å². The van der Waals surface area contributed by atoms with Crippen molar-refractivity contribution in [3.05, 3.63) is 23.0 Å². The summed E-state index contributed by atoms with van der Waals surface area (Å²) >= 11 is 0. The molecule has 2 heterocycles. The molecule has 0 bridgehead atoms. The molecule has 1 aliphatic rings. The van der Waals surface area contributed by atoms with Gasteiger partial charge in [0.05, 0.1) is 16.6 Å². The maximum absolute atomic E-state index is 12.8. The third-order valence-electron chi connectivity index (χ3n) is 4.64. The second-order valence-corrected chi connectivity index (χ2v) is 6.59. The van der Waals surface area contributed by atoms with Crippen molar-refractivity contribution in [1.82, 2.24) is 14.8 Å². The predicted octanol–water partition coefficient (Wildman–Crippen LogP) is 3.85. The Kier molecular flexibility index (Phi) is 4.64. The molecule has 0 atom stereocenters. The van der Waals surface area contributed by atoms with E-state index < -0.39 is 0 Å². The van der Waals surface area contributed by atoms with Crippen LogP contribution in [0.25, 0.3) is 11.0 Å². The fourth-order valence-corrected chi connectivity index (χ4v) is 3.48. The molecule has 2 aromatic heterocycles. The number of carbonyl (C=O) groups is 1. The quantitative estimate of drug-likeness (QED) is 0.790. The molecule has 0 N–H and O–H groups in total. The number of aryl methyl sites for hydroxylation is 3. The van der Waals surface area contributed by atoms with E-state index in [0.29, 0.717) is 5.56 Å². The first-order valence-corrected chi connectivity index (χ1v) is 8.58. The molecule has 0 saturated heterocycles. The van der Waals surface area contributed by atoms with Crippen molar-refractivity contribution in [3.8, 4) is 0 Å². The summed E-state index contributed by atoms with van der Waals surface area (Å²) in [4.78, 5) is 17.3. The Morgan fingerprint density at radius 3 is 2.52 bits per heavy atom. The molecule has 0 amide bonds. The number of hydrogen-bond donors (Lipinski definition) is 0. The fraction of sp³-hybridized carbons (Fsp3) is 0.611. The smallest absolute Gasteiger partial charge is 0.339 e. The van der Waals surface area contributed by atoms with Crippen LogP contribution in [-0.4, -0.2) is 26.8 Å². The van der Waals surface area contributed by atoms with E-state index in [2.05, 4.69) is 10.1 Å². The molecule has 124 valence electrons. The van der Waals surface area contributed by atoms with Crippen LogP contribution in [-0.2, 0) is 11.8 Å². The Morgan fingerprint density at radius 1 is 1.17 bits per heavy atom. The van der Waals surface area contributed by atoms with E-state index in [1.807, 2.05) is 27.0 Å². The van der Waals surface area contributed by atoms with Crippen LogP contribution in [0.4, 0.5) is 0 Å². The lowest BCUT2D eigenvalue weighted by Crippen LogP contribution is -2.20. The van der Waals surface area contributed by atoms with Crippen LogP contribution in [0.5, 0.6) is 0 Å². The Balaban J connectivity index is 1.88. The highest BCUT2D eigenvalue weighted by Gasteiger charge is 2.22. The zero-order valence-corrected chi connectivity index (χ0v) is 14.3. The van der Waals surface area contributed by atoms with Gasteiger partial charge in [-0.05, 0) is 45.6 Å². The molecule has 23 heavy (non-hydrogen) atoms. The number of rotatable bonds is 2. The van der Waals surface area contributed by atoms with Gasteiger partial charge in [-0.2, -0.15) is 5.10 Å². The van der Waals surface area contributed by atoms with Gasteiger partial charge < -0.3 is 4.74 Å². The number of nitrogens with zero attached hydrogens (tertiary/aromatic N) is 3. The average molecular weight is 315 g/mol. The van der Waals surface area contributed by atoms with E-state index >= 15 is 0 Å². The first kappa shape index (κ1) is 16.0. The van der Waals surface area contributed by atoms with Crippen LogP contribution in [0.3, 0.4) is 0 Å². The fourth-order valence-electron chi connectivity index (χ4n) is 3.48. The lowest BCUT2D eigenvalue weighted by Gasteiger charge is -2.20. The second-order valence-electron chi connectivity index (χ2n) is 6.59. The van der Waals surface area contributed by atoms with Gasteiger partial charge in [0.1, 0.15) is 6.10 Å². The number of fused-ring (bicyclic) bond motifs is 1. The maximum Gasteiger partial charge on any atom is 0.339 e. The molecule has 0 aliphatic heterocycles. The Bertz CT molecular complexity index is 713. The van der Waals surface area contributed by atoms with Gasteiger partial charge >= 0.3 is 5.97 Å². The molecule has 1 saturated carbocycles. The number of aromatic nitrogens is 3. The van der Waals surface area contributed by atoms with Crippen molar-refractivity contribution in [2.24, 2.45) is 7.05 Å². The van der Waals surface area contributed by atoms with Gasteiger partial charge in [0.2, 0.25) is 0 Å². The van der Waals surface area contributed by atoms with Crippen molar-refractivity contribution in [1.29, 1.82) is 0 Å². The van der Waals surface area contributed by atoms with Crippen molar-refractivity contribution in [3.63, 3.8) is 0 Å². The van der Waals surface area contributed by atoms with E-state index in [1.54, 1.807) is 4.68 Å². The van der Waals surface area contributed by atoms with Crippen molar-refractivity contribution in [2.45, 2.75) is 64.9 Å². The highest BCUT2D eigenvalue weighted by molar-refractivity contribution is 6.03. The van der Waals surface area contributed by atoms with Gasteiger partial charge in [0.25, 0.3) is 0 Å². The van der Waals surface area contributed by atoms with E-state index in [4.69, 9.17) is 4.74 Å². The molecule has 2 aromatic rings. The minimum atomic E-state index is -0.234. The van der Waals surface area contributed by atoms with Crippen molar-refractivity contribution < 1.29 is 9.53 Å². The van der Waals surface area contributed by atoms with Crippen molar-refractivity contribution in [2.75, 3.05) is 0 Å². The van der Waals surface area contributed by atoms with Gasteiger partial charge in [-0.25, -0.2) is 9.78 Å². The Morgan fingerprint density at radius 2 is 1.83 bits per heavy atom. The van der Waals surface area contributed by atoms with Gasteiger partial charge in [0, 0.05) is 12.7 Å². The van der Waals surface area contributed by atoms with Crippen LogP contribution in [0.1, 0.15) is 66.7 Å². The second kappa shape index (κ2) is 6.69. The summed E-state index contributed by atoms with van der Waals surface area (Å²) in [6.07, 6.45) is 8.09. The lowest BCUT2D eigenvalue weighted by molar-refractivity contribution is 0.0241. The van der Waals surface area contributed by atoms with Crippen LogP contribution >= 0.6 is 0 Å². The van der Waals surface area contributed by atoms with Gasteiger partial charge in [-0.15, -0.1) is 0 Å². The van der Waals surface area contributed by atoms with E-state index in [0.717, 1.165) is 48.1 Å². The van der Waals surface area contributed by atoms with Gasteiger partial charge in [-0.1, -0.05) is 19.3 Å². The highest BCUT2D eigenvalue weighted by Crippen LogP contribution is 2.25. The minimum absolute atomic E-state index is 0.0447. The number of ether oxygens (including phenoxy) is 1. The predicted molar refractivity (Wildman–Crippen MR) is 89.5 cm³/mol. The Labute approximate surface area is 137 Å². The summed E-state index contributed by atoms with van der Waals surface area (Å²) in [6.45, 7) is 3.81. The SMILES string of the molecule is Cc1cc(C(=O)OC2CCCCCCC2)c2c(C)nn(C)c2n1. The molecule has 5 nitrogen and oxygen atoms in total. The van der Waals surface area contributed by atoms with Crippen molar-refractivity contribution >= 4 is 17.0 Å². The topological polar surface area (TPSA) is 57.0 Å². The van der Waals surface area contributed by atoms with Gasteiger partial charge in [0.15, 0.2) is 5.65 Å². The minimum Gasteiger partial charge on any atom is -0.459 e. The molecule has 1 aliphatic carbocycles.